The summed E-state index contributed by atoms with van der Waals surface area (Å²) in [6, 6.07) is 8.66. The van der Waals surface area contributed by atoms with Crippen LogP contribution in [0.5, 0.6) is 5.75 Å². The Bertz CT molecular complexity index is 398. The Morgan fingerprint density at radius 2 is 2.25 bits per heavy atom. The van der Waals surface area contributed by atoms with Gasteiger partial charge in [-0.25, -0.2) is 0 Å². The van der Waals surface area contributed by atoms with Gasteiger partial charge >= 0.3 is 0 Å². The average molecular weight is 278 g/mol. The van der Waals surface area contributed by atoms with Crippen molar-refractivity contribution in [2.24, 2.45) is 0 Å². The zero-order valence-corrected chi connectivity index (χ0v) is 12.6. The zero-order chi connectivity index (χ0) is 14.2. The van der Waals surface area contributed by atoms with Crippen molar-refractivity contribution in [2.45, 2.75) is 25.8 Å². The summed E-state index contributed by atoms with van der Waals surface area (Å²) in [7, 11) is 1.76. The molecule has 1 aromatic rings. The number of fused-ring (bicyclic) bond motifs is 1. The Morgan fingerprint density at radius 1 is 1.40 bits per heavy atom. The van der Waals surface area contributed by atoms with Crippen molar-refractivity contribution in [2.75, 3.05) is 44.9 Å². The summed E-state index contributed by atoms with van der Waals surface area (Å²) in [5.74, 6) is 0.997. The van der Waals surface area contributed by atoms with Crippen LogP contribution in [-0.4, -0.2) is 46.0 Å². The molecule has 0 saturated heterocycles. The molecule has 112 valence electrons. The Hall–Kier alpha value is -1.26. The third-order valence-corrected chi connectivity index (χ3v) is 3.53. The number of methoxy groups -OCH3 is 1. The summed E-state index contributed by atoms with van der Waals surface area (Å²) in [4.78, 5) is 2.41. The van der Waals surface area contributed by atoms with Crippen LogP contribution >= 0.6 is 0 Å². The largest absolute Gasteiger partial charge is 0.491 e. The molecule has 2 rings (SSSR count). The van der Waals surface area contributed by atoms with Crippen molar-refractivity contribution in [3.8, 4) is 5.75 Å². The van der Waals surface area contributed by atoms with Gasteiger partial charge in [0.1, 0.15) is 5.75 Å². The molecular formula is C16H26N2O2. The first kappa shape index (κ1) is 15.1. The van der Waals surface area contributed by atoms with Gasteiger partial charge in [0.05, 0.1) is 18.9 Å². The van der Waals surface area contributed by atoms with Gasteiger partial charge in [0.2, 0.25) is 0 Å². The van der Waals surface area contributed by atoms with Crippen LogP contribution in [0.1, 0.15) is 19.8 Å². The summed E-state index contributed by atoms with van der Waals surface area (Å²) in [5, 5.41) is 3.56. The predicted octanol–water partition coefficient (Wildman–Crippen LogP) is 2.29. The number of para-hydroxylation sites is 2. The lowest BCUT2D eigenvalue weighted by Crippen LogP contribution is -2.44. The minimum atomic E-state index is 0.353. The highest BCUT2D eigenvalue weighted by molar-refractivity contribution is 5.59. The topological polar surface area (TPSA) is 33.7 Å². The standard InChI is InChI=1S/C16H26N2O2/c1-3-9-17-14(13-19-2)12-18-10-6-11-20-16-8-5-4-7-15(16)18/h4-5,7-8,14,17H,3,6,9-13H2,1-2H3. The van der Waals surface area contributed by atoms with Crippen molar-refractivity contribution in [3.63, 3.8) is 0 Å². The molecule has 0 fully saturated rings. The van der Waals surface area contributed by atoms with E-state index >= 15 is 0 Å². The van der Waals surface area contributed by atoms with Crippen LogP contribution in [0.15, 0.2) is 24.3 Å². The van der Waals surface area contributed by atoms with Gasteiger partial charge in [-0.1, -0.05) is 19.1 Å². The first-order valence-electron chi connectivity index (χ1n) is 7.54. The SMILES string of the molecule is CCCNC(COC)CN1CCCOc2ccccc21. The molecule has 0 aliphatic carbocycles. The molecule has 1 unspecified atom stereocenters. The normalized spacial score (nSPS) is 16.2. The first-order chi connectivity index (χ1) is 9.85. The monoisotopic (exact) mass is 278 g/mol. The minimum absolute atomic E-state index is 0.353. The average Bonchev–Trinajstić information content (AvgIpc) is 2.68. The van der Waals surface area contributed by atoms with Gasteiger partial charge in [-0.15, -0.1) is 0 Å². The molecular weight excluding hydrogens is 252 g/mol. The van der Waals surface area contributed by atoms with E-state index in [0.717, 1.165) is 51.4 Å². The van der Waals surface area contributed by atoms with Crippen molar-refractivity contribution >= 4 is 5.69 Å². The second kappa shape index (κ2) is 8.12. The fraction of sp³-hybridized carbons (Fsp3) is 0.625. The fourth-order valence-corrected chi connectivity index (χ4v) is 2.58. The first-order valence-corrected chi connectivity index (χ1v) is 7.54. The molecule has 1 N–H and O–H groups in total. The van der Waals surface area contributed by atoms with Gasteiger partial charge in [-0.3, -0.25) is 0 Å². The molecule has 20 heavy (non-hydrogen) atoms. The molecule has 0 radical (unpaired) electrons. The molecule has 1 aromatic carbocycles. The molecule has 0 bridgehead atoms. The van der Waals surface area contributed by atoms with E-state index in [0.29, 0.717) is 6.04 Å². The number of nitrogens with zero attached hydrogens (tertiary/aromatic N) is 1. The van der Waals surface area contributed by atoms with Crippen LogP contribution in [0, 0.1) is 0 Å². The van der Waals surface area contributed by atoms with Crippen LogP contribution < -0.4 is 15.0 Å². The lowest BCUT2D eigenvalue weighted by atomic mass is 10.2. The Balaban J connectivity index is 2.06. The summed E-state index contributed by atoms with van der Waals surface area (Å²) in [5.41, 5.74) is 1.20. The van der Waals surface area contributed by atoms with Crippen LogP contribution in [0.4, 0.5) is 5.69 Å². The third-order valence-electron chi connectivity index (χ3n) is 3.53. The molecule has 0 spiro atoms. The molecule has 1 atom stereocenters. The number of hydrogen-bond donors (Lipinski definition) is 1. The van der Waals surface area contributed by atoms with Gasteiger partial charge in [0.25, 0.3) is 0 Å². The highest BCUT2D eigenvalue weighted by Gasteiger charge is 2.19. The summed E-state index contributed by atoms with van der Waals surface area (Å²) in [6.45, 7) is 6.73. The second-order valence-corrected chi connectivity index (χ2v) is 5.22. The maximum atomic E-state index is 5.81. The third kappa shape index (κ3) is 4.12. The predicted molar refractivity (Wildman–Crippen MR) is 82.7 cm³/mol. The molecule has 1 heterocycles. The number of rotatable bonds is 7. The van der Waals surface area contributed by atoms with Crippen LogP contribution in [-0.2, 0) is 4.74 Å². The van der Waals surface area contributed by atoms with Gasteiger partial charge in [-0.2, -0.15) is 0 Å². The van der Waals surface area contributed by atoms with Crippen molar-refractivity contribution in [1.29, 1.82) is 0 Å². The summed E-state index contributed by atoms with van der Waals surface area (Å²) >= 11 is 0. The van der Waals surface area contributed by atoms with E-state index in [1.165, 1.54) is 5.69 Å². The minimum Gasteiger partial charge on any atom is -0.491 e. The van der Waals surface area contributed by atoms with Gasteiger partial charge in [-0.05, 0) is 31.5 Å². The number of ether oxygens (including phenoxy) is 2. The van der Waals surface area contributed by atoms with E-state index in [1.807, 2.05) is 6.07 Å². The Kier molecular flexibility index (Phi) is 6.15. The van der Waals surface area contributed by atoms with E-state index in [1.54, 1.807) is 7.11 Å². The maximum Gasteiger partial charge on any atom is 0.142 e. The molecule has 0 amide bonds. The second-order valence-electron chi connectivity index (χ2n) is 5.22. The quantitative estimate of drug-likeness (QED) is 0.830. The molecule has 1 aliphatic rings. The fourth-order valence-electron chi connectivity index (χ4n) is 2.58. The van der Waals surface area contributed by atoms with E-state index < -0.39 is 0 Å². The lowest BCUT2D eigenvalue weighted by molar-refractivity contribution is 0.168. The maximum absolute atomic E-state index is 5.81. The van der Waals surface area contributed by atoms with E-state index in [-0.39, 0.29) is 0 Å². The Morgan fingerprint density at radius 3 is 3.05 bits per heavy atom. The van der Waals surface area contributed by atoms with Gasteiger partial charge in [0, 0.05) is 26.2 Å². The highest BCUT2D eigenvalue weighted by Crippen LogP contribution is 2.30. The number of benzene rings is 1. The number of nitrogens with one attached hydrogen (secondary N) is 1. The van der Waals surface area contributed by atoms with Crippen LogP contribution in [0.3, 0.4) is 0 Å². The summed E-state index contributed by atoms with van der Waals surface area (Å²) < 4.78 is 11.1. The van der Waals surface area contributed by atoms with Crippen molar-refractivity contribution < 1.29 is 9.47 Å². The van der Waals surface area contributed by atoms with E-state index in [4.69, 9.17) is 9.47 Å². The molecule has 4 nitrogen and oxygen atoms in total. The van der Waals surface area contributed by atoms with Gasteiger partial charge in [0.15, 0.2) is 0 Å². The van der Waals surface area contributed by atoms with Crippen LogP contribution in [0.2, 0.25) is 0 Å². The highest BCUT2D eigenvalue weighted by atomic mass is 16.5. The summed E-state index contributed by atoms with van der Waals surface area (Å²) in [6.07, 6.45) is 2.20. The zero-order valence-electron chi connectivity index (χ0n) is 12.6. The Labute approximate surface area is 122 Å². The van der Waals surface area contributed by atoms with E-state index in [2.05, 4.69) is 35.3 Å². The molecule has 0 saturated carbocycles. The van der Waals surface area contributed by atoms with Gasteiger partial charge < -0.3 is 19.7 Å². The molecule has 4 heteroatoms. The molecule has 1 aliphatic heterocycles. The smallest absolute Gasteiger partial charge is 0.142 e. The number of anilines is 1. The number of hydrogen-bond acceptors (Lipinski definition) is 4. The molecule has 0 aromatic heterocycles. The van der Waals surface area contributed by atoms with Crippen LogP contribution in [0.25, 0.3) is 0 Å². The lowest BCUT2D eigenvalue weighted by Gasteiger charge is -2.29. The van der Waals surface area contributed by atoms with Crippen molar-refractivity contribution in [3.05, 3.63) is 24.3 Å². The van der Waals surface area contributed by atoms with Crippen molar-refractivity contribution in [1.82, 2.24) is 5.32 Å². The van der Waals surface area contributed by atoms with E-state index in [9.17, 15) is 0 Å².